The highest BCUT2D eigenvalue weighted by molar-refractivity contribution is 9.11. The van der Waals surface area contributed by atoms with Crippen molar-refractivity contribution in [1.29, 1.82) is 0 Å². The lowest BCUT2D eigenvalue weighted by Crippen LogP contribution is -2.16. The van der Waals surface area contributed by atoms with Crippen molar-refractivity contribution in [2.45, 2.75) is 6.42 Å². The number of carboxylic acid groups (broad SMARTS) is 1. The maximum atomic E-state index is 11.9. The maximum absolute atomic E-state index is 11.9. The Balaban J connectivity index is 1.93. The molecule has 0 aliphatic heterocycles. The van der Waals surface area contributed by atoms with Crippen LogP contribution < -0.4 is 15.6 Å². The Kier molecular flexibility index (Phi) is 5.57. The quantitative estimate of drug-likeness (QED) is 0.463. The molecule has 10 heteroatoms. The predicted molar refractivity (Wildman–Crippen MR) is 105 cm³/mol. The summed E-state index contributed by atoms with van der Waals surface area (Å²) in [5.41, 5.74) is 0.0548. The molecule has 3 rings (SSSR count). The first-order chi connectivity index (χ1) is 12.8. The Morgan fingerprint density at radius 1 is 1.15 bits per heavy atom. The molecular weight excluding hydrogens is 486 g/mol. The van der Waals surface area contributed by atoms with E-state index in [1.165, 1.54) is 0 Å². The van der Waals surface area contributed by atoms with E-state index in [1.54, 1.807) is 36.4 Å². The standard InChI is InChI=1S/C17H11Br2N3O5/c18-11-5-8(20-13(23)7-14(24)25)6-12(19)15(11)27-17-10-4-2-1-3-9(10)16(26)21-22-17/h1-6H,7H2,(H,20,23)(H,21,26)(H,24,25). The Morgan fingerprint density at radius 3 is 2.41 bits per heavy atom. The van der Waals surface area contributed by atoms with Gasteiger partial charge in [0.25, 0.3) is 5.56 Å². The maximum Gasteiger partial charge on any atom is 0.312 e. The third-order valence-electron chi connectivity index (χ3n) is 3.45. The van der Waals surface area contributed by atoms with Crippen LogP contribution in [-0.4, -0.2) is 27.2 Å². The van der Waals surface area contributed by atoms with Gasteiger partial charge in [0.05, 0.1) is 19.7 Å². The van der Waals surface area contributed by atoms with Gasteiger partial charge in [0.1, 0.15) is 6.42 Å². The van der Waals surface area contributed by atoms with Gasteiger partial charge in [-0.25, -0.2) is 5.10 Å². The molecule has 0 unspecified atom stereocenters. The van der Waals surface area contributed by atoms with Crippen molar-refractivity contribution in [2.75, 3.05) is 5.32 Å². The van der Waals surface area contributed by atoms with Gasteiger partial charge in [-0.15, -0.1) is 5.10 Å². The van der Waals surface area contributed by atoms with Gasteiger partial charge >= 0.3 is 5.97 Å². The monoisotopic (exact) mass is 495 g/mol. The number of carbonyl (C=O) groups is 2. The molecule has 27 heavy (non-hydrogen) atoms. The van der Waals surface area contributed by atoms with Gasteiger partial charge in [-0.05, 0) is 56.1 Å². The van der Waals surface area contributed by atoms with E-state index in [0.29, 0.717) is 31.2 Å². The average molecular weight is 497 g/mol. The molecule has 1 heterocycles. The number of nitrogens with zero attached hydrogens (tertiary/aromatic N) is 1. The molecule has 2 aromatic carbocycles. The minimum Gasteiger partial charge on any atom is -0.481 e. The van der Waals surface area contributed by atoms with Crippen molar-refractivity contribution in [3.63, 3.8) is 0 Å². The van der Waals surface area contributed by atoms with Crippen molar-refractivity contribution in [3.8, 4) is 11.6 Å². The molecule has 3 aromatic rings. The summed E-state index contributed by atoms with van der Waals surface area (Å²) in [5, 5.41) is 18.5. The number of fused-ring (bicyclic) bond motifs is 1. The first kappa shape index (κ1) is 19.1. The van der Waals surface area contributed by atoms with E-state index in [2.05, 4.69) is 47.4 Å². The van der Waals surface area contributed by atoms with Gasteiger partial charge in [-0.3, -0.25) is 14.4 Å². The lowest BCUT2D eigenvalue weighted by Gasteiger charge is -2.13. The number of aromatic amines is 1. The zero-order valence-electron chi connectivity index (χ0n) is 13.5. The number of aromatic nitrogens is 2. The second-order valence-corrected chi connectivity index (χ2v) is 7.10. The van der Waals surface area contributed by atoms with Crippen molar-refractivity contribution in [3.05, 3.63) is 55.7 Å². The van der Waals surface area contributed by atoms with Crippen LogP contribution in [0.2, 0.25) is 0 Å². The summed E-state index contributed by atoms with van der Waals surface area (Å²) in [6, 6.07) is 10.0. The molecule has 0 fully saturated rings. The van der Waals surface area contributed by atoms with Crippen molar-refractivity contribution in [2.24, 2.45) is 0 Å². The first-order valence-corrected chi connectivity index (χ1v) is 9.09. The first-order valence-electron chi connectivity index (χ1n) is 7.51. The van der Waals surface area contributed by atoms with Crippen LogP contribution in [-0.2, 0) is 9.59 Å². The molecular formula is C17H11Br2N3O5. The SMILES string of the molecule is O=C(O)CC(=O)Nc1cc(Br)c(Oc2n[nH]c(=O)c3ccccc23)c(Br)c1. The Morgan fingerprint density at radius 2 is 1.78 bits per heavy atom. The Hall–Kier alpha value is -2.72. The number of anilines is 1. The van der Waals surface area contributed by atoms with Gasteiger partial charge in [-0.2, -0.15) is 0 Å². The van der Waals surface area contributed by atoms with E-state index in [4.69, 9.17) is 9.84 Å². The molecule has 138 valence electrons. The van der Waals surface area contributed by atoms with Crippen LogP contribution in [0.15, 0.2) is 50.1 Å². The highest BCUT2D eigenvalue weighted by atomic mass is 79.9. The number of hydrogen-bond donors (Lipinski definition) is 3. The number of ether oxygens (including phenoxy) is 1. The molecule has 0 radical (unpaired) electrons. The second-order valence-electron chi connectivity index (χ2n) is 5.39. The summed E-state index contributed by atoms with van der Waals surface area (Å²) in [7, 11) is 0. The molecule has 0 atom stereocenters. The number of H-pyrrole nitrogens is 1. The molecule has 0 spiro atoms. The number of halogens is 2. The second kappa shape index (κ2) is 7.89. The van der Waals surface area contributed by atoms with E-state index in [1.807, 2.05) is 0 Å². The van der Waals surface area contributed by atoms with Crippen LogP contribution in [0.5, 0.6) is 11.6 Å². The summed E-state index contributed by atoms with van der Waals surface area (Å²) < 4.78 is 6.82. The number of aliphatic carboxylic acids is 1. The zero-order valence-corrected chi connectivity index (χ0v) is 16.6. The predicted octanol–water partition coefficient (Wildman–Crippen LogP) is 3.65. The molecule has 3 N–H and O–H groups in total. The van der Waals surface area contributed by atoms with E-state index < -0.39 is 18.3 Å². The molecule has 8 nitrogen and oxygen atoms in total. The van der Waals surface area contributed by atoms with Crippen LogP contribution in [0, 0.1) is 0 Å². The molecule has 0 aliphatic carbocycles. The van der Waals surface area contributed by atoms with Gasteiger partial charge in [0.15, 0.2) is 5.75 Å². The number of amides is 1. The van der Waals surface area contributed by atoms with Gasteiger partial charge in [0.2, 0.25) is 11.8 Å². The van der Waals surface area contributed by atoms with E-state index in [9.17, 15) is 14.4 Å². The normalized spacial score (nSPS) is 10.6. The Labute approximate surface area is 168 Å². The van der Waals surface area contributed by atoms with Crippen LogP contribution in [0.25, 0.3) is 10.8 Å². The van der Waals surface area contributed by atoms with Crippen LogP contribution in [0.3, 0.4) is 0 Å². The molecule has 0 saturated carbocycles. The van der Waals surface area contributed by atoms with E-state index in [0.717, 1.165) is 0 Å². The highest BCUT2D eigenvalue weighted by Gasteiger charge is 2.15. The minimum absolute atomic E-state index is 0.203. The fourth-order valence-corrected chi connectivity index (χ4v) is 3.68. The summed E-state index contributed by atoms with van der Waals surface area (Å²) in [6.45, 7) is 0. The van der Waals surface area contributed by atoms with Crippen LogP contribution in [0.1, 0.15) is 6.42 Å². The molecule has 0 aliphatic rings. The fraction of sp³-hybridized carbons (Fsp3) is 0.0588. The molecule has 0 bridgehead atoms. The van der Waals surface area contributed by atoms with E-state index >= 15 is 0 Å². The fourth-order valence-electron chi connectivity index (χ4n) is 2.34. The minimum atomic E-state index is -1.22. The zero-order chi connectivity index (χ0) is 19.6. The molecule has 1 amide bonds. The Bertz CT molecular complexity index is 1090. The highest BCUT2D eigenvalue weighted by Crippen LogP contribution is 2.39. The van der Waals surface area contributed by atoms with Crippen molar-refractivity contribution in [1.82, 2.24) is 10.2 Å². The van der Waals surface area contributed by atoms with Gasteiger partial charge in [0, 0.05) is 5.69 Å². The lowest BCUT2D eigenvalue weighted by atomic mass is 10.2. The molecule has 1 aromatic heterocycles. The summed E-state index contributed by atoms with van der Waals surface area (Å²) in [4.78, 5) is 34.1. The summed E-state index contributed by atoms with van der Waals surface area (Å²) in [5.74, 6) is -1.30. The third-order valence-corrected chi connectivity index (χ3v) is 4.63. The number of rotatable bonds is 5. The van der Waals surface area contributed by atoms with Crippen molar-refractivity contribution >= 4 is 60.2 Å². The van der Waals surface area contributed by atoms with Gasteiger partial charge in [-0.1, -0.05) is 12.1 Å². The summed E-state index contributed by atoms with van der Waals surface area (Å²) in [6.07, 6.45) is -0.638. The topological polar surface area (TPSA) is 121 Å². The van der Waals surface area contributed by atoms with E-state index in [-0.39, 0.29) is 11.4 Å². The number of nitrogens with one attached hydrogen (secondary N) is 2. The largest absolute Gasteiger partial charge is 0.481 e. The molecule has 0 saturated heterocycles. The van der Waals surface area contributed by atoms with Gasteiger partial charge < -0.3 is 15.2 Å². The smallest absolute Gasteiger partial charge is 0.312 e. The summed E-state index contributed by atoms with van der Waals surface area (Å²) >= 11 is 6.70. The van der Waals surface area contributed by atoms with Crippen LogP contribution in [0.4, 0.5) is 5.69 Å². The number of hydrogen-bond acceptors (Lipinski definition) is 5. The number of carbonyl (C=O) groups excluding carboxylic acids is 1. The number of benzene rings is 2. The average Bonchev–Trinajstić information content (AvgIpc) is 2.59. The third kappa shape index (κ3) is 4.34. The van der Waals surface area contributed by atoms with Crippen LogP contribution >= 0.6 is 31.9 Å². The lowest BCUT2D eigenvalue weighted by molar-refractivity contribution is -0.139. The number of carboxylic acids is 1. The van der Waals surface area contributed by atoms with Crippen molar-refractivity contribution < 1.29 is 19.4 Å².